The highest BCUT2D eigenvalue weighted by molar-refractivity contribution is 5.88. The first-order chi connectivity index (χ1) is 9.24. The fraction of sp³-hybridized carbons (Fsp3) is 0.769. The number of amides is 2. The molecule has 7 heteroatoms. The number of carbonyl (C=O) groups excluding carboxylic acids is 2. The Bertz CT molecular complexity index is 357. The van der Waals surface area contributed by atoms with Crippen molar-refractivity contribution in [2.45, 2.75) is 46.2 Å². The quantitative estimate of drug-likeness (QED) is 0.730. The fourth-order valence-electron chi connectivity index (χ4n) is 1.70. The highest BCUT2D eigenvalue weighted by Gasteiger charge is 2.32. The molecule has 0 aromatic carbocycles. The lowest BCUT2D eigenvalue weighted by molar-refractivity contribution is -0.147. The lowest BCUT2D eigenvalue weighted by Crippen LogP contribution is -2.54. The van der Waals surface area contributed by atoms with Crippen LogP contribution in [-0.4, -0.2) is 53.7 Å². The zero-order valence-corrected chi connectivity index (χ0v) is 12.7. The molecule has 20 heavy (non-hydrogen) atoms. The Morgan fingerprint density at radius 2 is 1.80 bits per heavy atom. The summed E-state index contributed by atoms with van der Waals surface area (Å²) in [6.45, 7) is 6.79. The molecule has 0 fully saturated rings. The molecule has 0 saturated carbocycles. The Hall–Kier alpha value is -1.79. The van der Waals surface area contributed by atoms with Crippen molar-refractivity contribution in [3.63, 3.8) is 0 Å². The monoisotopic (exact) mass is 288 g/mol. The van der Waals surface area contributed by atoms with Gasteiger partial charge in [0, 0.05) is 6.04 Å². The maximum Gasteiger partial charge on any atom is 0.407 e. The van der Waals surface area contributed by atoms with Crippen LogP contribution in [0.1, 0.15) is 34.1 Å². The second-order valence-corrected chi connectivity index (χ2v) is 4.97. The van der Waals surface area contributed by atoms with Crippen molar-refractivity contribution >= 4 is 18.0 Å². The number of hydrogen-bond donors (Lipinski definition) is 2. The van der Waals surface area contributed by atoms with Crippen molar-refractivity contribution in [3.05, 3.63) is 0 Å². The number of carbonyl (C=O) groups is 3. The molecule has 0 unspecified atom stereocenters. The van der Waals surface area contributed by atoms with Crippen LogP contribution < -0.4 is 5.32 Å². The molecule has 2 atom stereocenters. The number of carboxylic acids is 1. The average Bonchev–Trinajstić information content (AvgIpc) is 2.39. The minimum Gasteiger partial charge on any atom is -0.480 e. The van der Waals surface area contributed by atoms with Crippen LogP contribution in [0.25, 0.3) is 0 Å². The van der Waals surface area contributed by atoms with Crippen molar-refractivity contribution in [2.75, 3.05) is 13.7 Å². The van der Waals surface area contributed by atoms with Crippen LogP contribution in [0.4, 0.5) is 4.79 Å². The summed E-state index contributed by atoms with van der Waals surface area (Å²) in [5, 5.41) is 11.4. The van der Waals surface area contributed by atoms with E-state index in [4.69, 9.17) is 5.11 Å². The minimum atomic E-state index is -1.08. The number of nitrogens with zero attached hydrogens (tertiary/aromatic N) is 1. The lowest BCUT2D eigenvalue weighted by atomic mass is 10.0. The number of aliphatic carboxylic acids is 1. The third-order valence-electron chi connectivity index (χ3n) is 3.10. The van der Waals surface area contributed by atoms with E-state index in [-0.39, 0.29) is 18.5 Å². The Morgan fingerprint density at radius 3 is 2.15 bits per heavy atom. The largest absolute Gasteiger partial charge is 0.480 e. The molecule has 0 aliphatic rings. The Labute approximate surface area is 119 Å². The second kappa shape index (κ2) is 8.39. The molecule has 0 bridgehead atoms. The molecule has 0 radical (unpaired) electrons. The molecular weight excluding hydrogens is 264 g/mol. The van der Waals surface area contributed by atoms with E-state index >= 15 is 0 Å². The Kier molecular flexibility index (Phi) is 7.64. The maximum atomic E-state index is 12.5. The van der Waals surface area contributed by atoms with E-state index < -0.39 is 24.0 Å². The molecular formula is C13H24N2O5. The predicted octanol–water partition coefficient (Wildman–Crippen LogP) is 1.08. The molecule has 0 saturated heterocycles. The van der Waals surface area contributed by atoms with E-state index in [1.807, 2.05) is 6.92 Å². The SMILES string of the molecule is CC[C@H](C)N(CC(=O)O)C(=O)[C@@H](NC(=O)OC)C(C)C. The first-order valence-corrected chi connectivity index (χ1v) is 6.61. The Morgan fingerprint density at radius 1 is 1.25 bits per heavy atom. The van der Waals surface area contributed by atoms with Gasteiger partial charge in [-0.15, -0.1) is 0 Å². The van der Waals surface area contributed by atoms with Crippen molar-refractivity contribution < 1.29 is 24.2 Å². The molecule has 7 nitrogen and oxygen atoms in total. The van der Waals surface area contributed by atoms with E-state index in [9.17, 15) is 14.4 Å². The lowest BCUT2D eigenvalue weighted by Gasteiger charge is -2.32. The van der Waals surface area contributed by atoms with Gasteiger partial charge in [0.15, 0.2) is 0 Å². The molecule has 0 heterocycles. The minimum absolute atomic E-state index is 0.179. The number of hydrogen-bond acceptors (Lipinski definition) is 4. The van der Waals surface area contributed by atoms with E-state index in [0.717, 1.165) is 0 Å². The van der Waals surface area contributed by atoms with Gasteiger partial charge in [-0.05, 0) is 19.3 Å². The molecule has 116 valence electrons. The fourth-order valence-corrected chi connectivity index (χ4v) is 1.70. The molecule has 0 aromatic heterocycles. The van der Waals surface area contributed by atoms with E-state index in [1.54, 1.807) is 20.8 Å². The van der Waals surface area contributed by atoms with Gasteiger partial charge in [0.25, 0.3) is 0 Å². The van der Waals surface area contributed by atoms with Crippen LogP contribution >= 0.6 is 0 Å². The molecule has 0 rings (SSSR count). The number of methoxy groups -OCH3 is 1. The van der Waals surface area contributed by atoms with Gasteiger partial charge < -0.3 is 20.1 Å². The van der Waals surface area contributed by atoms with Gasteiger partial charge in [-0.2, -0.15) is 0 Å². The molecule has 2 N–H and O–H groups in total. The summed E-state index contributed by atoms with van der Waals surface area (Å²) >= 11 is 0. The van der Waals surface area contributed by atoms with Crippen LogP contribution in [0.3, 0.4) is 0 Å². The summed E-state index contributed by atoms with van der Waals surface area (Å²) in [5.41, 5.74) is 0. The van der Waals surface area contributed by atoms with Crippen molar-refractivity contribution in [2.24, 2.45) is 5.92 Å². The van der Waals surface area contributed by atoms with Gasteiger partial charge in [-0.25, -0.2) is 4.79 Å². The molecule has 0 aliphatic carbocycles. The standard InChI is InChI=1S/C13H24N2O5/c1-6-9(4)15(7-10(16)17)12(18)11(8(2)3)14-13(19)20-5/h8-9,11H,6-7H2,1-5H3,(H,14,19)(H,16,17)/t9-,11-/m0/s1. The second-order valence-electron chi connectivity index (χ2n) is 4.97. The van der Waals surface area contributed by atoms with E-state index in [2.05, 4.69) is 10.1 Å². The van der Waals surface area contributed by atoms with Crippen LogP contribution in [0, 0.1) is 5.92 Å². The zero-order valence-electron chi connectivity index (χ0n) is 12.7. The molecule has 0 aliphatic heterocycles. The van der Waals surface area contributed by atoms with Crippen LogP contribution in [-0.2, 0) is 14.3 Å². The van der Waals surface area contributed by atoms with Gasteiger partial charge in [-0.1, -0.05) is 20.8 Å². The number of alkyl carbamates (subject to hydrolysis) is 1. The molecule has 0 spiro atoms. The summed E-state index contributed by atoms with van der Waals surface area (Å²) in [5.74, 6) is -1.68. The predicted molar refractivity (Wildman–Crippen MR) is 73.3 cm³/mol. The number of ether oxygens (including phenoxy) is 1. The maximum absolute atomic E-state index is 12.5. The number of rotatable bonds is 7. The van der Waals surface area contributed by atoms with Gasteiger partial charge in [0.1, 0.15) is 12.6 Å². The molecule has 2 amide bonds. The topological polar surface area (TPSA) is 95.9 Å². The summed E-state index contributed by atoms with van der Waals surface area (Å²) in [6.07, 6.45) is -0.0846. The van der Waals surface area contributed by atoms with Crippen LogP contribution in [0.2, 0.25) is 0 Å². The van der Waals surface area contributed by atoms with E-state index in [1.165, 1.54) is 12.0 Å². The van der Waals surface area contributed by atoms with Crippen LogP contribution in [0.5, 0.6) is 0 Å². The normalized spacial score (nSPS) is 13.5. The highest BCUT2D eigenvalue weighted by Crippen LogP contribution is 2.11. The number of carboxylic acid groups (broad SMARTS) is 1. The molecule has 0 aromatic rings. The first kappa shape index (κ1) is 18.2. The average molecular weight is 288 g/mol. The zero-order chi connectivity index (χ0) is 15.9. The number of nitrogens with one attached hydrogen (secondary N) is 1. The third kappa shape index (κ3) is 5.46. The summed E-state index contributed by atoms with van der Waals surface area (Å²) in [7, 11) is 1.21. The van der Waals surface area contributed by atoms with Crippen molar-refractivity contribution in [3.8, 4) is 0 Å². The van der Waals surface area contributed by atoms with Gasteiger partial charge in [0.05, 0.1) is 7.11 Å². The Balaban J connectivity index is 5.14. The summed E-state index contributed by atoms with van der Waals surface area (Å²) in [6, 6.07) is -1.03. The first-order valence-electron chi connectivity index (χ1n) is 6.61. The van der Waals surface area contributed by atoms with E-state index in [0.29, 0.717) is 6.42 Å². The van der Waals surface area contributed by atoms with Gasteiger partial charge >= 0.3 is 12.1 Å². The van der Waals surface area contributed by atoms with Crippen LogP contribution in [0.15, 0.2) is 0 Å². The van der Waals surface area contributed by atoms with Gasteiger partial charge in [-0.3, -0.25) is 9.59 Å². The van der Waals surface area contributed by atoms with Crippen molar-refractivity contribution in [1.29, 1.82) is 0 Å². The smallest absolute Gasteiger partial charge is 0.407 e. The van der Waals surface area contributed by atoms with Crippen molar-refractivity contribution in [1.82, 2.24) is 10.2 Å². The third-order valence-corrected chi connectivity index (χ3v) is 3.10. The van der Waals surface area contributed by atoms with Gasteiger partial charge in [0.2, 0.25) is 5.91 Å². The summed E-state index contributed by atoms with van der Waals surface area (Å²) in [4.78, 5) is 35.9. The summed E-state index contributed by atoms with van der Waals surface area (Å²) < 4.78 is 4.49. The highest BCUT2D eigenvalue weighted by atomic mass is 16.5.